The van der Waals surface area contributed by atoms with Gasteiger partial charge < -0.3 is 15.0 Å². The zero-order valence-corrected chi connectivity index (χ0v) is 17.1. The number of hydrogen-bond donors (Lipinski definition) is 1. The molecule has 0 spiro atoms. The number of halogens is 4. The second-order valence-electron chi connectivity index (χ2n) is 7.19. The lowest BCUT2D eigenvalue weighted by Crippen LogP contribution is -2.24. The average molecular weight is 460 g/mol. The topological polar surface area (TPSA) is 84.4 Å². The molecule has 0 saturated heterocycles. The number of carbonyl (C=O) groups is 2. The summed E-state index contributed by atoms with van der Waals surface area (Å²) in [5, 5.41) is 2.46. The van der Waals surface area contributed by atoms with Crippen LogP contribution in [0.5, 0.6) is 11.6 Å². The van der Waals surface area contributed by atoms with Gasteiger partial charge in [0.25, 0.3) is 11.8 Å². The number of nitrogens with one attached hydrogen (secondary N) is 1. The molecule has 170 valence electrons. The van der Waals surface area contributed by atoms with Crippen LogP contribution in [0.3, 0.4) is 0 Å². The fourth-order valence-corrected chi connectivity index (χ4v) is 3.35. The molecule has 7 nitrogen and oxygen atoms in total. The molecule has 0 unspecified atom stereocenters. The maximum absolute atomic E-state index is 14.2. The molecular weight excluding hydrogens is 444 g/mol. The number of hydrogen-bond acceptors (Lipinski definition) is 5. The van der Waals surface area contributed by atoms with Gasteiger partial charge in [-0.1, -0.05) is 6.07 Å². The Hall–Kier alpha value is -4.02. The largest absolute Gasteiger partial charge is 0.435 e. The zero-order valence-electron chi connectivity index (χ0n) is 17.1. The first-order valence-corrected chi connectivity index (χ1v) is 9.66. The summed E-state index contributed by atoms with van der Waals surface area (Å²) >= 11 is 0. The van der Waals surface area contributed by atoms with Gasteiger partial charge in [0.15, 0.2) is 11.6 Å². The standard InChI is InChI=1S/C22H16F4N4O3/c1-27-19(31)16-4-2-12(9-29-16)10-30-11-13-6-7-28-20(18(13)21(30)32)33-17-5-3-14(8-15(17)23)22(24,25)26/h2-9H,10-11H2,1H3,(H,27,31). The summed E-state index contributed by atoms with van der Waals surface area (Å²) < 4.78 is 57.9. The molecule has 2 amide bonds. The van der Waals surface area contributed by atoms with Crippen LogP contribution in [0.15, 0.2) is 48.8 Å². The first-order valence-electron chi connectivity index (χ1n) is 9.66. The Morgan fingerprint density at radius 2 is 1.97 bits per heavy atom. The molecule has 0 aliphatic carbocycles. The van der Waals surface area contributed by atoms with Crippen molar-refractivity contribution >= 4 is 11.8 Å². The number of ether oxygens (including phenoxy) is 1. The van der Waals surface area contributed by atoms with E-state index in [9.17, 15) is 27.2 Å². The highest BCUT2D eigenvalue weighted by molar-refractivity contribution is 6.00. The third-order valence-electron chi connectivity index (χ3n) is 4.99. The number of carbonyl (C=O) groups excluding carboxylic acids is 2. The van der Waals surface area contributed by atoms with Crippen molar-refractivity contribution in [2.75, 3.05) is 7.05 Å². The number of rotatable bonds is 5. The monoisotopic (exact) mass is 460 g/mol. The average Bonchev–Trinajstić information content (AvgIpc) is 3.10. The fourth-order valence-electron chi connectivity index (χ4n) is 3.35. The lowest BCUT2D eigenvalue weighted by Gasteiger charge is -2.15. The number of amides is 2. The van der Waals surface area contributed by atoms with Gasteiger partial charge in [0.05, 0.1) is 5.56 Å². The van der Waals surface area contributed by atoms with Gasteiger partial charge in [-0.15, -0.1) is 0 Å². The molecule has 1 aliphatic rings. The quantitative estimate of drug-likeness (QED) is 0.583. The number of benzene rings is 1. The molecule has 4 rings (SSSR count). The lowest BCUT2D eigenvalue weighted by molar-refractivity contribution is -0.137. The summed E-state index contributed by atoms with van der Waals surface area (Å²) in [7, 11) is 1.49. The lowest BCUT2D eigenvalue weighted by atomic mass is 10.1. The van der Waals surface area contributed by atoms with Gasteiger partial charge in [-0.2, -0.15) is 13.2 Å². The number of fused-ring (bicyclic) bond motifs is 1. The SMILES string of the molecule is CNC(=O)c1ccc(CN2Cc3ccnc(Oc4ccc(C(F)(F)F)cc4F)c3C2=O)cn1. The van der Waals surface area contributed by atoms with Crippen molar-refractivity contribution in [1.29, 1.82) is 0 Å². The molecule has 0 fully saturated rings. The van der Waals surface area contributed by atoms with Crippen molar-refractivity contribution in [3.8, 4) is 11.6 Å². The third-order valence-corrected chi connectivity index (χ3v) is 4.99. The normalized spacial score (nSPS) is 13.1. The van der Waals surface area contributed by atoms with E-state index in [-0.39, 0.29) is 36.1 Å². The van der Waals surface area contributed by atoms with E-state index in [1.54, 1.807) is 12.1 Å². The van der Waals surface area contributed by atoms with Crippen LogP contribution in [-0.4, -0.2) is 33.7 Å². The molecule has 11 heteroatoms. The molecule has 1 N–H and O–H groups in total. The summed E-state index contributed by atoms with van der Waals surface area (Å²) in [5.74, 6) is -2.69. The number of aromatic nitrogens is 2. The van der Waals surface area contributed by atoms with Crippen LogP contribution in [0.4, 0.5) is 17.6 Å². The molecule has 0 radical (unpaired) electrons. The van der Waals surface area contributed by atoms with E-state index in [0.29, 0.717) is 23.3 Å². The van der Waals surface area contributed by atoms with Crippen LogP contribution in [-0.2, 0) is 19.3 Å². The van der Waals surface area contributed by atoms with Crippen LogP contribution in [0.1, 0.15) is 37.5 Å². The first kappa shape index (κ1) is 22.2. The van der Waals surface area contributed by atoms with Crippen molar-refractivity contribution in [3.05, 3.63) is 82.6 Å². The van der Waals surface area contributed by atoms with Gasteiger partial charge in [0.1, 0.15) is 11.3 Å². The van der Waals surface area contributed by atoms with E-state index < -0.39 is 29.2 Å². The Bertz CT molecular complexity index is 1230. The van der Waals surface area contributed by atoms with Crippen molar-refractivity contribution in [2.45, 2.75) is 19.3 Å². The summed E-state index contributed by atoms with van der Waals surface area (Å²) in [6.45, 7) is 0.405. The third kappa shape index (κ3) is 4.47. The van der Waals surface area contributed by atoms with E-state index in [1.165, 1.54) is 30.4 Å². The van der Waals surface area contributed by atoms with Crippen molar-refractivity contribution in [3.63, 3.8) is 0 Å². The predicted molar refractivity (Wildman–Crippen MR) is 107 cm³/mol. The highest BCUT2D eigenvalue weighted by Gasteiger charge is 2.34. The molecule has 0 bridgehead atoms. The molecule has 0 atom stereocenters. The van der Waals surface area contributed by atoms with Gasteiger partial charge in [0, 0.05) is 32.5 Å². The first-order chi connectivity index (χ1) is 15.7. The van der Waals surface area contributed by atoms with Crippen molar-refractivity contribution in [2.24, 2.45) is 0 Å². The van der Waals surface area contributed by atoms with Crippen LogP contribution in [0, 0.1) is 5.82 Å². The van der Waals surface area contributed by atoms with Crippen LogP contribution in [0.25, 0.3) is 0 Å². The number of nitrogens with zero attached hydrogens (tertiary/aromatic N) is 3. The Morgan fingerprint density at radius 3 is 2.61 bits per heavy atom. The van der Waals surface area contributed by atoms with Crippen LogP contribution < -0.4 is 10.1 Å². The van der Waals surface area contributed by atoms with Crippen LogP contribution >= 0.6 is 0 Å². The number of alkyl halides is 3. The molecule has 3 heterocycles. The van der Waals surface area contributed by atoms with Crippen LogP contribution in [0.2, 0.25) is 0 Å². The van der Waals surface area contributed by atoms with E-state index in [2.05, 4.69) is 15.3 Å². The Kier molecular flexibility index (Phi) is 5.71. The van der Waals surface area contributed by atoms with Gasteiger partial charge in [-0.3, -0.25) is 14.6 Å². The molecule has 2 aromatic heterocycles. The predicted octanol–water partition coefficient (Wildman–Crippen LogP) is 3.94. The van der Waals surface area contributed by atoms with Crippen molar-refractivity contribution < 1.29 is 31.9 Å². The maximum Gasteiger partial charge on any atom is 0.416 e. The summed E-state index contributed by atoms with van der Waals surface area (Å²) in [6.07, 6.45) is -1.85. The fraction of sp³-hybridized carbons (Fsp3) is 0.182. The minimum Gasteiger partial charge on any atom is -0.435 e. The van der Waals surface area contributed by atoms with Crippen molar-refractivity contribution in [1.82, 2.24) is 20.2 Å². The van der Waals surface area contributed by atoms with E-state index in [4.69, 9.17) is 4.74 Å². The molecular formula is C22H16F4N4O3. The Morgan fingerprint density at radius 1 is 1.18 bits per heavy atom. The summed E-state index contributed by atoms with van der Waals surface area (Å²) in [6, 6.07) is 6.66. The molecule has 3 aromatic rings. The highest BCUT2D eigenvalue weighted by atomic mass is 19.4. The zero-order chi connectivity index (χ0) is 23.8. The van der Waals surface area contributed by atoms with Gasteiger partial charge >= 0.3 is 6.18 Å². The smallest absolute Gasteiger partial charge is 0.416 e. The second-order valence-corrected chi connectivity index (χ2v) is 7.19. The van der Waals surface area contributed by atoms with Gasteiger partial charge in [-0.05, 0) is 41.5 Å². The van der Waals surface area contributed by atoms with Gasteiger partial charge in [-0.25, -0.2) is 9.37 Å². The summed E-state index contributed by atoms with van der Waals surface area (Å²) in [5.41, 5.74) is 0.430. The van der Waals surface area contributed by atoms with E-state index in [1.807, 2.05) is 0 Å². The molecule has 0 saturated carbocycles. The summed E-state index contributed by atoms with van der Waals surface area (Å²) in [4.78, 5) is 34.1. The second kappa shape index (κ2) is 8.49. The molecule has 1 aromatic carbocycles. The molecule has 1 aliphatic heterocycles. The Balaban J connectivity index is 1.54. The minimum atomic E-state index is -4.70. The van der Waals surface area contributed by atoms with E-state index in [0.717, 1.165) is 6.07 Å². The maximum atomic E-state index is 14.2. The number of pyridine rings is 2. The van der Waals surface area contributed by atoms with E-state index >= 15 is 0 Å². The van der Waals surface area contributed by atoms with Gasteiger partial charge in [0.2, 0.25) is 5.88 Å². The Labute approximate surface area is 185 Å². The highest BCUT2D eigenvalue weighted by Crippen LogP contribution is 2.36. The molecule has 33 heavy (non-hydrogen) atoms. The minimum absolute atomic E-state index is 0.103.